The summed E-state index contributed by atoms with van der Waals surface area (Å²) in [6.45, 7) is 8.83. The number of nitrogens with one attached hydrogen (secondary N) is 1. The fraction of sp³-hybridized carbons (Fsp3) is 0.600. The number of thioether (sulfide) groups is 1. The zero-order valence-corrected chi connectivity index (χ0v) is 14.0. The third-order valence-electron chi connectivity index (χ3n) is 2.72. The number of halogens is 1. The molecule has 0 aliphatic heterocycles. The Hall–Kier alpha value is 0.01000. The summed E-state index contributed by atoms with van der Waals surface area (Å²) in [4.78, 5) is 1.41. The van der Waals surface area contributed by atoms with Crippen molar-refractivity contribution in [2.75, 3.05) is 12.3 Å². The van der Waals surface area contributed by atoms with Crippen LogP contribution in [0.4, 0.5) is 0 Å². The van der Waals surface area contributed by atoms with Crippen molar-refractivity contribution in [1.82, 2.24) is 5.32 Å². The molecule has 102 valence electrons. The molecule has 1 aromatic rings. The van der Waals surface area contributed by atoms with Gasteiger partial charge in [-0.15, -0.1) is 11.8 Å². The van der Waals surface area contributed by atoms with Crippen molar-refractivity contribution in [2.24, 2.45) is 5.92 Å². The first-order valence-corrected chi connectivity index (χ1v) is 8.53. The lowest BCUT2D eigenvalue weighted by Gasteiger charge is -2.11. The molecule has 1 nitrogen and oxygen atoms in total. The summed E-state index contributed by atoms with van der Waals surface area (Å²) >= 11 is 5.54. The maximum atomic E-state index is 3.57. The third-order valence-corrected chi connectivity index (χ3v) is 4.35. The molecule has 0 heterocycles. The summed E-state index contributed by atoms with van der Waals surface area (Å²) in [5.74, 6) is 1.99. The van der Waals surface area contributed by atoms with Crippen LogP contribution in [0.15, 0.2) is 27.6 Å². The Kier molecular flexibility index (Phi) is 8.03. The van der Waals surface area contributed by atoms with Gasteiger partial charge in [0, 0.05) is 15.9 Å². The minimum Gasteiger partial charge on any atom is -0.313 e. The van der Waals surface area contributed by atoms with Crippen LogP contribution in [-0.2, 0) is 6.54 Å². The number of rotatable bonds is 8. The number of benzene rings is 1. The van der Waals surface area contributed by atoms with Crippen LogP contribution in [0.2, 0.25) is 0 Å². The Bertz CT molecular complexity index is 352. The molecule has 1 rings (SSSR count). The zero-order chi connectivity index (χ0) is 13.4. The maximum absolute atomic E-state index is 3.57. The topological polar surface area (TPSA) is 12.0 Å². The molecule has 1 aromatic carbocycles. The lowest BCUT2D eigenvalue weighted by atomic mass is 10.2. The monoisotopic (exact) mass is 329 g/mol. The van der Waals surface area contributed by atoms with Crippen molar-refractivity contribution < 1.29 is 0 Å². The van der Waals surface area contributed by atoms with E-state index in [1.54, 1.807) is 0 Å². The molecule has 18 heavy (non-hydrogen) atoms. The highest BCUT2D eigenvalue weighted by molar-refractivity contribution is 9.10. The minimum absolute atomic E-state index is 0.784. The van der Waals surface area contributed by atoms with E-state index >= 15 is 0 Å². The van der Waals surface area contributed by atoms with Crippen LogP contribution < -0.4 is 5.32 Å². The Morgan fingerprint density at radius 2 is 2.11 bits per heavy atom. The molecular weight excluding hydrogens is 306 g/mol. The highest BCUT2D eigenvalue weighted by atomic mass is 79.9. The molecule has 0 atom stereocenters. The van der Waals surface area contributed by atoms with Crippen molar-refractivity contribution >= 4 is 27.7 Å². The summed E-state index contributed by atoms with van der Waals surface area (Å²) in [6.07, 6.45) is 2.46. The van der Waals surface area contributed by atoms with Gasteiger partial charge in [-0.05, 0) is 48.8 Å². The normalized spacial score (nSPS) is 11.2. The van der Waals surface area contributed by atoms with Crippen LogP contribution in [0.3, 0.4) is 0 Å². The summed E-state index contributed by atoms with van der Waals surface area (Å²) in [6, 6.07) is 6.61. The first-order valence-electron chi connectivity index (χ1n) is 6.75. The van der Waals surface area contributed by atoms with E-state index in [0.717, 1.165) is 19.0 Å². The molecule has 1 N–H and O–H groups in total. The van der Waals surface area contributed by atoms with Crippen molar-refractivity contribution in [1.29, 1.82) is 0 Å². The van der Waals surface area contributed by atoms with Gasteiger partial charge in [0.2, 0.25) is 0 Å². The number of hydrogen-bond acceptors (Lipinski definition) is 2. The van der Waals surface area contributed by atoms with Crippen LogP contribution in [0.1, 0.15) is 39.2 Å². The van der Waals surface area contributed by atoms with Gasteiger partial charge in [-0.25, -0.2) is 0 Å². The molecule has 0 saturated heterocycles. The highest BCUT2D eigenvalue weighted by Crippen LogP contribution is 2.27. The standard InChI is InChI=1S/C15H24BrNS/c1-4-8-17-11-13-5-6-14(16)10-15(13)18-9-7-12(2)3/h5-6,10,12,17H,4,7-9,11H2,1-3H3. The molecule has 0 spiro atoms. The van der Waals surface area contributed by atoms with E-state index in [0.29, 0.717) is 0 Å². The predicted molar refractivity (Wildman–Crippen MR) is 86.3 cm³/mol. The Balaban J connectivity index is 2.58. The molecule has 0 saturated carbocycles. The average molecular weight is 330 g/mol. The fourth-order valence-corrected chi connectivity index (χ4v) is 3.47. The lowest BCUT2D eigenvalue weighted by molar-refractivity contribution is 0.631. The van der Waals surface area contributed by atoms with Crippen LogP contribution >= 0.6 is 27.7 Å². The molecule has 0 aromatic heterocycles. The van der Waals surface area contributed by atoms with Gasteiger partial charge in [0.15, 0.2) is 0 Å². The van der Waals surface area contributed by atoms with Crippen LogP contribution in [0.5, 0.6) is 0 Å². The third kappa shape index (κ3) is 6.26. The summed E-state index contributed by atoms with van der Waals surface area (Å²) in [5.41, 5.74) is 1.42. The first kappa shape index (κ1) is 16.1. The van der Waals surface area contributed by atoms with Gasteiger partial charge in [0.25, 0.3) is 0 Å². The zero-order valence-electron chi connectivity index (χ0n) is 11.6. The highest BCUT2D eigenvalue weighted by Gasteiger charge is 2.04. The first-order chi connectivity index (χ1) is 8.63. The van der Waals surface area contributed by atoms with E-state index < -0.39 is 0 Å². The quantitative estimate of drug-likeness (QED) is 0.526. The predicted octanol–water partition coefficient (Wildman–Crippen LogP) is 5.09. The molecule has 0 amide bonds. The summed E-state index contributed by atoms with van der Waals surface area (Å²) in [7, 11) is 0. The lowest BCUT2D eigenvalue weighted by Crippen LogP contribution is -2.14. The molecular formula is C15H24BrNS. The van der Waals surface area contributed by atoms with Crippen molar-refractivity contribution in [3.8, 4) is 0 Å². The minimum atomic E-state index is 0.784. The number of hydrogen-bond donors (Lipinski definition) is 1. The summed E-state index contributed by atoms with van der Waals surface area (Å²) < 4.78 is 1.17. The van der Waals surface area contributed by atoms with E-state index in [1.807, 2.05) is 11.8 Å². The second-order valence-corrected chi connectivity index (χ2v) is 7.01. The largest absolute Gasteiger partial charge is 0.313 e. The van der Waals surface area contributed by atoms with E-state index in [9.17, 15) is 0 Å². The molecule has 0 aliphatic carbocycles. The summed E-state index contributed by atoms with van der Waals surface area (Å²) in [5, 5.41) is 3.48. The van der Waals surface area contributed by atoms with Gasteiger partial charge in [-0.2, -0.15) is 0 Å². The molecule has 0 fully saturated rings. The smallest absolute Gasteiger partial charge is 0.0216 e. The SMILES string of the molecule is CCCNCc1ccc(Br)cc1SCCC(C)C. The molecule has 0 unspecified atom stereocenters. The van der Waals surface area contributed by atoms with E-state index in [-0.39, 0.29) is 0 Å². The second kappa shape index (κ2) is 9.00. The van der Waals surface area contributed by atoms with Crippen molar-refractivity contribution in [3.05, 3.63) is 28.2 Å². The second-order valence-electron chi connectivity index (χ2n) is 4.96. The van der Waals surface area contributed by atoms with E-state index in [2.05, 4.69) is 60.2 Å². The Labute approximate surface area is 124 Å². The van der Waals surface area contributed by atoms with Crippen LogP contribution in [0, 0.1) is 5.92 Å². The molecule has 0 aliphatic rings. The molecule has 0 bridgehead atoms. The van der Waals surface area contributed by atoms with Crippen LogP contribution in [0.25, 0.3) is 0 Å². The maximum Gasteiger partial charge on any atom is 0.0216 e. The fourth-order valence-electron chi connectivity index (χ4n) is 1.61. The molecule has 0 radical (unpaired) electrons. The van der Waals surface area contributed by atoms with Crippen molar-refractivity contribution in [2.45, 2.75) is 45.1 Å². The van der Waals surface area contributed by atoms with Crippen LogP contribution in [-0.4, -0.2) is 12.3 Å². The molecule has 3 heteroatoms. The van der Waals surface area contributed by atoms with Gasteiger partial charge in [-0.3, -0.25) is 0 Å². The van der Waals surface area contributed by atoms with Gasteiger partial charge in [-0.1, -0.05) is 42.8 Å². The van der Waals surface area contributed by atoms with Gasteiger partial charge >= 0.3 is 0 Å². The van der Waals surface area contributed by atoms with Gasteiger partial charge < -0.3 is 5.32 Å². The van der Waals surface area contributed by atoms with E-state index in [4.69, 9.17) is 0 Å². The average Bonchev–Trinajstić information content (AvgIpc) is 2.31. The van der Waals surface area contributed by atoms with Gasteiger partial charge in [0.1, 0.15) is 0 Å². The Morgan fingerprint density at radius 3 is 2.78 bits per heavy atom. The van der Waals surface area contributed by atoms with Crippen molar-refractivity contribution in [3.63, 3.8) is 0 Å². The van der Waals surface area contributed by atoms with E-state index in [1.165, 1.54) is 33.5 Å². The van der Waals surface area contributed by atoms with Gasteiger partial charge in [0.05, 0.1) is 0 Å². The Morgan fingerprint density at radius 1 is 1.33 bits per heavy atom.